The Kier molecular flexibility index (Phi) is 19.8. The number of carbonyl (C=O) groups excluding carboxylic acids is 2. The van der Waals surface area contributed by atoms with Crippen LogP contribution in [0.3, 0.4) is 0 Å². The number of rotatable bonds is 20. The summed E-state index contributed by atoms with van der Waals surface area (Å²) in [5.74, 6) is 0.249. The summed E-state index contributed by atoms with van der Waals surface area (Å²) in [6, 6.07) is 29.3. The minimum atomic E-state index is -1.22. The van der Waals surface area contributed by atoms with Crippen molar-refractivity contribution in [1.29, 1.82) is 0 Å². The topological polar surface area (TPSA) is 193 Å². The quantitative estimate of drug-likeness (QED) is 0.1000. The van der Waals surface area contributed by atoms with Crippen LogP contribution < -0.4 is 40.6 Å². The fraction of sp³-hybridized carbons (Fsp3) is 0.423. The summed E-state index contributed by atoms with van der Waals surface area (Å²) in [7, 11) is 0. The average Bonchev–Trinajstić information content (AvgIpc) is 3.36. The molecule has 2 fully saturated rings. The van der Waals surface area contributed by atoms with E-state index in [4.69, 9.17) is 28.9 Å². The number of para-hydroxylation sites is 2. The van der Waals surface area contributed by atoms with Crippen LogP contribution in [0.4, 0.5) is 11.9 Å². The molecule has 17 heteroatoms. The van der Waals surface area contributed by atoms with E-state index in [0.717, 1.165) is 63.0 Å². The molecule has 4 heterocycles. The molecular weight excluding hydrogens is 893 g/mol. The van der Waals surface area contributed by atoms with Gasteiger partial charge in [-0.1, -0.05) is 48.5 Å². The van der Waals surface area contributed by atoms with Crippen LogP contribution >= 0.6 is 0 Å². The number of piperidine rings is 2. The second-order valence-electron chi connectivity index (χ2n) is 16.8. The minimum Gasteiger partial charge on any atom is -0.547 e. The first-order valence-corrected chi connectivity index (χ1v) is 23.7. The van der Waals surface area contributed by atoms with Gasteiger partial charge >= 0.3 is 23.1 Å². The normalized spacial score (nSPS) is 14.6. The van der Waals surface area contributed by atoms with Crippen LogP contribution in [0, 0.1) is 0 Å². The van der Waals surface area contributed by atoms with Gasteiger partial charge in [-0.15, -0.1) is 0 Å². The van der Waals surface area contributed by atoms with E-state index in [-0.39, 0.29) is 47.0 Å². The van der Waals surface area contributed by atoms with Crippen LogP contribution in [0.15, 0.2) is 107 Å². The molecule has 0 aliphatic carbocycles. The van der Waals surface area contributed by atoms with Gasteiger partial charge in [0.05, 0.1) is 46.8 Å². The van der Waals surface area contributed by atoms with E-state index in [0.29, 0.717) is 84.7 Å². The molecule has 69 heavy (non-hydrogen) atoms. The van der Waals surface area contributed by atoms with Crippen molar-refractivity contribution >= 4 is 68.7 Å². The number of anilines is 2. The maximum atomic E-state index is 13.3. The number of carbonyl (C=O) groups is 2. The first-order chi connectivity index (χ1) is 33.1. The molecule has 2 saturated heterocycles. The molecule has 4 aromatic carbocycles. The Morgan fingerprint density at radius 2 is 0.913 bits per heavy atom. The first kappa shape index (κ1) is 52.4. The molecular formula is C52H60MgN6O10. The molecule has 2 unspecified atom stereocenters. The van der Waals surface area contributed by atoms with Crippen molar-refractivity contribution in [3.8, 4) is 11.5 Å². The minimum absolute atomic E-state index is 0. The van der Waals surface area contributed by atoms with E-state index in [9.17, 15) is 29.4 Å². The summed E-state index contributed by atoms with van der Waals surface area (Å²) < 4.78 is 25.7. The number of hydrogen-bond donors (Lipinski definition) is 0. The Balaban J connectivity index is 0.000000224. The van der Waals surface area contributed by atoms with Gasteiger partial charge in [0.15, 0.2) is 0 Å². The van der Waals surface area contributed by atoms with Crippen LogP contribution in [0.25, 0.3) is 21.8 Å². The third-order valence-electron chi connectivity index (χ3n) is 12.1. The van der Waals surface area contributed by atoms with Crippen LogP contribution in [0.2, 0.25) is 0 Å². The molecule has 2 aliphatic heterocycles. The Labute approximate surface area is 417 Å². The van der Waals surface area contributed by atoms with Gasteiger partial charge in [0.1, 0.15) is 36.9 Å². The van der Waals surface area contributed by atoms with Crippen LogP contribution in [0.1, 0.15) is 63.5 Å². The monoisotopic (exact) mass is 952 g/mol. The Morgan fingerprint density at radius 1 is 0.551 bits per heavy atom. The van der Waals surface area contributed by atoms with Crippen molar-refractivity contribution < 1.29 is 38.7 Å². The van der Waals surface area contributed by atoms with Gasteiger partial charge < -0.3 is 48.5 Å². The zero-order valence-electron chi connectivity index (χ0n) is 39.6. The largest absolute Gasteiger partial charge is 2.00 e. The number of aromatic nitrogens is 4. The fourth-order valence-electron chi connectivity index (χ4n) is 8.59. The summed E-state index contributed by atoms with van der Waals surface area (Å²) >= 11 is 0. The number of nitrogens with zero attached hydrogens (tertiary/aromatic N) is 6. The average molecular weight is 953 g/mol. The Hall–Kier alpha value is -6.01. The summed E-state index contributed by atoms with van der Waals surface area (Å²) in [4.78, 5) is 62.9. The molecule has 0 amide bonds. The molecule has 0 spiro atoms. The standard InChI is InChI=1S/2C26H31N3O5.Mg/c2*1-2-33-23(25(31)32)18-19-10-12-20(13-11-19)34-17-16-29-24(30)21-8-4-5-9-22(21)27-26(29)28-14-6-3-7-15-28;/h2*4-5,8-13,23H,2-3,6-7,14-18H2,1H3,(H,31,32);/q;;+2/p-2. The molecule has 0 N–H and O–H groups in total. The molecule has 2 atom stereocenters. The van der Waals surface area contributed by atoms with Crippen molar-refractivity contribution in [3.05, 3.63) is 129 Å². The Morgan fingerprint density at radius 3 is 1.26 bits per heavy atom. The fourth-order valence-corrected chi connectivity index (χ4v) is 8.59. The maximum Gasteiger partial charge on any atom is 2.00 e. The van der Waals surface area contributed by atoms with Gasteiger partial charge in [-0.2, -0.15) is 0 Å². The van der Waals surface area contributed by atoms with E-state index >= 15 is 0 Å². The van der Waals surface area contributed by atoms with Crippen molar-refractivity contribution in [1.82, 2.24) is 19.1 Å². The van der Waals surface area contributed by atoms with Crippen molar-refractivity contribution in [3.63, 3.8) is 0 Å². The van der Waals surface area contributed by atoms with Crippen molar-refractivity contribution in [2.45, 2.75) is 90.5 Å². The van der Waals surface area contributed by atoms with Gasteiger partial charge in [-0.25, -0.2) is 9.97 Å². The molecule has 16 nitrogen and oxygen atoms in total. The molecule has 360 valence electrons. The summed E-state index contributed by atoms with van der Waals surface area (Å²) in [5.41, 5.74) is 2.93. The molecule has 0 saturated carbocycles. The second-order valence-corrected chi connectivity index (χ2v) is 16.8. The third-order valence-corrected chi connectivity index (χ3v) is 12.1. The van der Waals surface area contributed by atoms with Gasteiger partial charge in [-0.3, -0.25) is 18.7 Å². The third kappa shape index (κ3) is 14.1. The Bertz CT molecular complexity index is 2530. The number of fused-ring (bicyclic) bond motifs is 2. The molecule has 0 radical (unpaired) electrons. The number of aliphatic carboxylic acids is 2. The zero-order valence-corrected chi connectivity index (χ0v) is 41.0. The number of ether oxygens (including phenoxy) is 4. The summed E-state index contributed by atoms with van der Waals surface area (Å²) in [6.07, 6.45) is 5.27. The number of carboxylic acids is 2. The molecule has 6 aromatic rings. The van der Waals surface area contributed by atoms with Gasteiger partial charge in [0.2, 0.25) is 11.9 Å². The second kappa shape index (κ2) is 26.1. The van der Waals surface area contributed by atoms with Crippen molar-refractivity contribution in [2.24, 2.45) is 0 Å². The summed E-state index contributed by atoms with van der Waals surface area (Å²) in [6.45, 7) is 9.04. The van der Waals surface area contributed by atoms with Gasteiger partial charge in [0.25, 0.3) is 11.1 Å². The zero-order chi connectivity index (χ0) is 47.8. The molecule has 0 bridgehead atoms. The van der Waals surface area contributed by atoms with E-state index in [1.54, 1.807) is 47.2 Å². The number of hydrogen-bond acceptors (Lipinski definition) is 14. The van der Waals surface area contributed by atoms with Crippen LogP contribution in [-0.4, -0.2) is 119 Å². The summed E-state index contributed by atoms with van der Waals surface area (Å²) in [5, 5.41) is 23.6. The SMILES string of the molecule is CCOC(Cc1ccc(OCCn2c(N3CCCCC3)nc3ccccc3c2=O)cc1)C(=O)[O-].CCOC(Cc1ccc(OCCn2c(N3CCCCC3)nc3ccccc3c2=O)cc1)C(=O)[O-].[Mg+2]. The van der Waals surface area contributed by atoms with E-state index in [2.05, 4.69) is 9.80 Å². The smallest absolute Gasteiger partial charge is 0.547 e. The van der Waals surface area contributed by atoms with E-state index in [1.807, 2.05) is 72.8 Å². The van der Waals surface area contributed by atoms with Crippen molar-refractivity contribution in [2.75, 3.05) is 62.4 Å². The molecule has 8 rings (SSSR count). The number of benzene rings is 4. The first-order valence-electron chi connectivity index (χ1n) is 23.7. The van der Waals surface area contributed by atoms with Gasteiger partial charge in [-0.05, 0) is 112 Å². The van der Waals surface area contributed by atoms with E-state index < -0.39 is 24.1 Å². The number of carboxylic acid groups (broad SMARTS) is 2. The van der Waals surface area contributed by atoms with Crippen LogP contribution in [0.5, 0.6) is 11.5 Å². The predicted octanol–water partition coefficient (Wildman–Crippen LogP) is 3.95. The molecule has 2 aromatic heterocycles. The van der Waals surface area contributed by atoms with Gasteiger partial charge in [0, 0.05) is 52.2 Å². The predicted molar refractivity (Wildman–Crippen MR) is 262 cm³/mol. The van der Waals surface area contributed by atoms with Crippen LogP contribution in [-0.2, 0) is 45.0 Å². The molecule has 2 aliphatic rings. The van der Waals surface area contributed by atoms with E-state index in [1.165, 1.54) is 12.8 Å². The maximum absolute atomic E-state index is 13.3.